The highest BCUT2D eigenvalue weighted by molar-refractivity contribution is 6.30. The molecular formula is C9H13ClF3NO. The van der Waals surface area contributed by atoms with E-state index in [9.17, 15) is 18.0 Å². The first-order valence-electron chi connectivity index (χ1n) is 4.85. The van der Waals surface area contributed by atoms with Gasteiger partial charge in [0.25, 0.3) is 0 Å². The van der Waals surface area contributed by atoms with E-state index in [-0.39, 0.29) is 25.4 Å². The van der Waals surface area contributed by atoms with E-state index in [1.54, 1.807) is 6.92 Å². The zero-order chi connectivity index (χ0) is 11.6. The van der Waals surface area contributed by atoms with Crippen LogP contribution >= 0.6 is 11.6 Å². The molecule has 1 amide bonds. The van der Waals surface area contributed by atoms with Gasteiger partial charge in [-0.3, -0.25) is 4.79 Å². The summed E-state index contributed by atoms with van der Waals surface area (Å²) in [5.74, 6) is -1.77. The molecule has 0 bridgehead atoms. The minimum Gasteiger partial charge on any atom is -0.341 e. The van der Waals surface area contributed by atoms with Gasteiger partial charge in [-0.05, 0) is 12.8 Å². The van der Waals surface area contributed by atoms with Crippen molar-refractivity contribution in [3.05, 3.63) is 0 Å². The fraction of sp³-hybridized carbons (Fsp3) is 0.889. The number of rotatable bonds is 2. The first-order chi connectivity index (χ1) is 6.86. The van der Waals surface area contributed by atoms with E-state index < -0.39 is 17.5 Å². The van der Waals surface area contributed by atoms with E-state index in [0.29, 0.717) is 6.42 Å². The maximum Gasteiger partial charge on any atom is 0.393 e. The van der Waals surface area contributed by atoms with Gasteiger partial charge in [0.2, 0.25) is 5.91 Å². The second-order valence-corrected chi connectivity index (χ2v) is 4.21. The van der Waals surface area contributed by atoms with E-state index in [4.69, 9.17) is 11.6 Å². The van der Waals surface area contributed by atoms with Gasteiger partial charge in [-0.15, -0.1) is 11.6 Å². The van der Waals surface area contributed by atoms with Crippen molar-refractivity contribution in [1.29, 1.82) is 0 Å². The van der Waals surface area contributed by atoms with Crippen molar-refractivity contribution in [2.75, 3.05) is 13.1 Å². The molecule has 0 radical (unpaired) electrons. The van der Waals surface area contributed by atoms with Crippen LogP contribution in [0.4, 0.5) is 13.2 Å². The van der Waals surface area contributed by atoms with Crippen molar-refractivity contribution >= 4 is 17.5 Å². The molecule has 2 nitrogen and oxygen atoms in total. The Balaban J connectivity index is 2.53. The molecule has 0 saturated carbocycles. The monoisotopic (exact) mass is 243 g/mol. The van der Waals surface area contributed by atoms with Crippen LogP contribution in [0.5, 0.6) is 0 Å². The molecule has 1 rings (SSSR count). The molecule has 1 saturated heterocycles. The summed E-state index contributed by atoms with van der Waals surface area (Å²) in [7, 11) is 0. The summed E-state index contributed by atoms with van der Waals surface area (Å²) < 4.78 is 36.9. The minimum atomic E-state index is -4.21. The maximum atomic E-state index is 12.3. The molecule has 0 aromatic heterocycles. The van der Waals surface area contributed by atoms with Gasteiger partial charge < -0.3 is 4.90 Å². The summed E-state index contributed by atoms with van der Waals surface area (Å²) in [5.41, 5.74) is 0. The standard InChI is InChI=1S/C9H13ClF3NO/c1-2-7(10)8(15)14-4-3-6(5-14)9(11,12)13/h6-7H,2-5H2,1H3. The van der Waals surface area contributed by atoms with E-state index in [0.717, 1.165) is 0 Å². The van der Waals surface area contributed by atoms with Gasteiger partial charge in [-0.1, -0.05) is 6.92 Å². The summed E-state index contributed by atoms with van der Waals surface area (Å²) in [6.45, 7) is 1.64. The fourth-order valence-electron chi connectivity index (χ4n) is 1.60. The Kier molecular flexibility index (Phi) is 3.87. The summed E-state index contributed by atoms with van der Waals surface area (Å²) >= 11 is 5.69. The molecule has 15 heavy (non-hydrogen) atoms. The lowest BCUT2D eigenvalue weighted by atomic mass is 10.1. The van der Waals surface area contributed by atoms with Gasteiger partial charge in [0.05, 0.1) is 5.92 Å². The zero-order valence-electron chi connectivity index (χ0n) is 8.35. The van der Waals surface area contributed by atoms with Gasteiger partial charge in [0, 0.05) is 13.1 Å². The highest BCUT2D eigenvalue weighted by Crippen LogP contribution is 2.33. The predicted molar refractivity (Wildman–Crippen MR) is 50.7 cm³/mol. The molecule has 0 aromatic carbocycles. The van der Waals surface area contributed by atoms with Gasteiger partial charge in [0.1, 0.15) is 5.38 Å². The van der Waals surface area contributed by atoms with Crippen molar-refractivity contribution in [3.8, 4) is 0 Å². The first-order valence-corrected chi connectivity index (χ1v) is 5.29. The van der Waals surface area contributed by atoms with Crippen molar-refractivity contribution in [2.45, 2.75) is 31.3 Å². The van der Waals surface area contributed by atoms with Crippen LogP contribution in [0.15, 0.2) is 0 Å². The molecule has 0 aromatic rings. The molecule has 6 heteroatoms. The summed E-state index contributed by atoms with van der Waals surface area (Å²) in [6.07, 6.45) is -3.78. The van der Waals surface area contributed by atoms with Crippen molar-refractivity contribution in [2.24, 2.45) is 5.92 Å². The zero-order valence-corrected chi connectivity index (χ0v) is 9.11. The van der Waals surface area contributed by atoms with Crippen LogP contribution in [0.2, 0.25) is 0 Å². The predicted octanol–water partition coefficient (Wildman–Crippen LogP) is 2.41. The molecule has 0 spiro atoms. The van der Waals surface area contributed by atoms with Crippen molar-refractivity contribution < 1.29 is 18.0 Å². The molecule has 1 fully saturated rings. The third-order valence-electron chi connectivity index (χ3n) is 2.59. The van der Waals surface area contributed by atoms with Gasteiger partial charge >= 0.3 is 6.18 Å². The molecule has 0 N–H and O–H groups in total. The van der Waals surface area contributed by atoms with Crippen LogP contribution in [-0.4, -0.2) is 35.4 Å². The second-order valence-electron chi connectivity index (χ2n) is 3.69. The largest absolute Gasteiger partial charge is 0.393 e. The Hall–Kier alpha value is -0.450. The van der Waals surface area contributed by atoms with E-state index >= 15 is 0 Å². The third kappa shape index (κ3) is 3.00. The molecule has 88 valence electrons. The molecule has 1 heterocycles. The summed E-state index contributed by atoms with van der Waals surface area (Å²) in [5, 5.41) is -0.697. The lowest BCUT2D eigenvalue weighted by Gasteiger charge is -2.19. The number of hydrogen-bond acceptors (Lipinski definition) is 1. The fourth-order valence-corrected chi connectivity index (χ4v) is 1.74. The average Bonchev–Trinajstić information content (AvgIpc) is 2.63. The molecule has 2 unspecified atom stereocenters. The molecule has 0 aliphatic carbocycles. The Labute approximate surface area is 91.4 Å². The number of halogens is 4. The molecule has 2 atom stereocenters. The summed E-state index contributed by atoms with van der Waals surface area (Å²) in [6, 6.07) is 0. The lowest BCUT2D eigenvalue weighted by molar-refractivity contribution is -0.171. The number of alkyl halides is 4. The quantitative estimate of drug-likeness (QED) is 0.682. The topological polar surface area (TPSA) is 20.3 Å². The number of carbonyl (C=O) groups excluding carboxylic acids is 1. The summed E-state index contributed by atoms with van der Waals surface area (Å²) in [4.78, 5) is 12.7. The van der Waals surface area contributed by atoms with Crippen molar-refractivity contribution in [1.82, 2.24) is 4.90 Å². The SMILES string of the molecule is CCC(Cl)C(=O)N1CCC(C(F)(F)F)C1. The first kappa shape index (κ1) is 12.6. The number of likely N-dealkylation sites (tertiary alicyclic amines) is 1. The normalized spacial score (nSPS) is 24.3. The Morgan fingerprint density at radius 2 is 2.20 bits per heavy atom. The highest BCUT2D eigenvalue weighted by Gasteiger charge is 2.45. The smallest absolute Gasteiger partial charge is 0.341 e. The van der Waals surface area contributed by atoms with E-state index in [2.05, 4.69) is 0 Å². The van der Waals surface area contributed by atoms with Gasteiger partial charge in [-0.2, -0.15) is 13.2 Å². The van der Waals surface area contributed by atoms with E-state index in [1.165, 1.54) is 4.90 Å². The Morgan fingerprint density at radius 1 is 1.60 bits per heavy atom. The van der Waals surface area contributed by atoms with Gasteiger partial charge in [-0.25, -0.2) is 0 Å². The molecular weight excluding hydrogens is 231 g/mol. The average molecular weight is 244 g/mol. The van der Waals surface area contributed by atoms with Crippen LogP contribution in [-0.2, 0) is 4.79 Å². The van der Waals surface area contributed by atoms with Crippen molar-refractivity contribution in [3.63, 3.8) is 0 Å². The Morgan fingerprint density at radius 3 is 2.60 bits per heavy atom. The molecule has 1 aliphatic heterocycles. The minimum absolute atomic E-state index is 0.0113. The van der Waals surface area contributed by atoms with Crippen LogP contribution in [0.1, 0.15) is 19.8 Å². The van der Waals surface area contributed by atoms with Crippen LogP contribution in [0.3, 0.4) is 0 Å². The lowest BCUT2D eigenvalue weighted by Crippen LogP contribution is -2.36. The molecule has 1 aliphatic rings. The highest BCUT2D eigenvalue weighted by atomic mass is 35.5. The number of nitrogens with zero attached hydrogens (tertiary/aromatic N) is 1. The maximum absolute atomic E-state index is 12.3. The second kappa shape index (κ2) is 4.60. The number of hydrogen-bond donors (Lipinski definition) is 0. The third-order valence-corrected chi connectivity index (χ3v) is 3.08. The van der Waals surface area contributed by atoms with Crippen LogP contribution in [0.25, 0.3) is 0 Å². The van der Waals surface area contributed by atoms with Crippen LogP contribution in [0, 0.1) is 5.92 Å². The Bertz CT molecular complexity index is 244. The van der Waals surface area contributed by atoms with Gasteiger partial charge in [0.15, 0.2) is 0 Å². The van der Waals surface area contributed by atoms with E-state index in [1.807, 2.05) is 0 Å². The van der Waals surface area contributed by atoms with Crippen LogP contribution < -0.4 is 0 Å². The number of carbonyl (C=O) groups is 1. The number of amides is 1.